The Morgan fingerprint density at radius 2 is 1.62 bits per heavy atom. The Morgan fingerprint density at radius 1 is 0.941 bits per heavy atom. The highest BCUT2D eigenvalue weighted by Crippen LogP contribution is 2.34. The standard InChI is InChI=1S/C29H30N2O3/c1-29(2,3)22-15-17-23(18-16-22)31-26(21-10-5-4-6-11-21)20-25(30-31)24-12-7-8-13-27(24)34-19-9-14-28(32)33/h4-8,10-13,15-18,20H,9,14,19H2,1-3H3,(H,32,33). The summed E-state index contributed by atoms with van der Waals surface area (Å²) in [5, 5.41) is 13.9. The molecule has 0 atom stereocenters. The minimum Gasteiger partial charge on any atom is -0.493 e. The molecule has 0 aliphatic rings. The summed E-state index contributed by atoms with van der Waals surface area (Å²) in [6.45, 7) is 6.95. The molecule has 0 radical (unpaired) electrons. The van der Waals surface area contributed by atoms with E-state index < -0.39 is 5.97 Å². The van der Waals surface area contributed by atoms with Crippen LogP contribution in [0.15, 0.2) is 84.9 Å². The van der Waals surface area contributed by atoms with Crippen LogP contribution in [0.5, 0.6) is 5.75 Å². The molecule has 0 saturated heterocycles. The van der Waals surface area contributed by atoms with E-state index in [2.05, 4.69) is 63.2 Å². The molecule has 0 spiro atoms. The van der Waals surface area contributed by atoms with Crippen LogP contribution in [0.3, 0.4) is 0 Å². The summed E-state index contributed by atoms with van der Waals surface area (Å²) >= 11 is 0. The van der Waals surface area contributed by atoms with Crippen LogP contribution < -0.4 is 4.74 Å². The number of aliphatic carboxylic acids is 1. The number of benzene rings is 3. The van der Waals surface area contributed by atoms with Crippen molar-refractivity contribution in [3.8, 4) is 34.0 Å². The van der Waals surface area contributed by atoms with E-state index in [1.165, 1.54) is 5.56 Å². The quantitative estimate of drug-likeness (QED) is 0.299. The highest BCUT2D eigenvalue weighted by atomic mass is 16.5. The second-order valence-electron chi connectivity index (χ2n) is 9.33. The lowest BCUT2D eigenvalue weighted by atomic mass is 9.87. The zero-order chi connectivity index (χ0) is 24.1. The molecule has 3 aromatic carbocycles. The minimum absolute atomic E-state index is 0.0764. The molecule has 1 aromatic heterocycles. The molecule has 0 fully saturated rings. The summed E-state index contributed by atoms with van der Waals surface area (Å²) in [6.07, 6.45) is 0.535. The lowest BCUT2D eigenvalue weighted by Gasteiger charge is -2.19. The van der Waals surface area contributed by atoms with Gasteiger partial charge in [-0.25, -0.2) is 4.68 Å². The van der Waals surface area contributed by atoms with E-state index >= 15 is 0 Å². The van der Waals surface area contributed by atoms with Gasteiger partial charge in [-0.1, -0.05) is 75.4 Å². The molecule has 0 unspecified atom stereocenters. The molecule has 34 heavy (non-hydrogen) atoms. The molecule has 174 valence electrons. The Labute approximate surface area is 200 Å². The van der Waals surface area contributed by atoms with Crippen molar-refractivity contribution < 1.29 is 14.6 Å². The number of nitrogens with zero attached hydrogens (tertiary/aromatic N) is 2. The maximum absolute atomic E-state index is 10.8. The molecular formula is C29H30N2O3. The Kier molecular flexibility index (Phi) is 6.82. The normalized spacial score (nSPS) is 11.4. The number of ether oxygens (including phenoxy) is 1. The zero-order valence-electron chi connectivity index (χ0n) is 19.9. The highest BCUT2D eigenvalue weighted by molar-refractivity contribution is 5.74. The summed E-state index contributed by atoms with van der Waals surface area (Å²) < 4.78 is 7.91. The first-order chi connectivity index (χ1) is 16.3. The molecule has 0 aliphatic carbocycles. The number of carboxylic acid groups (broad SMARTS) is 1. The number of carboxylic acids is 1. The molecule has 5 heteroatoms. The van der Waals surface area contributed by atoms with Crippen molar-refractivity contribution >= 4 is 5.97 Å². The SMILES string of the molecule is CC(C)(C)c1ccc(-n2nc(-c3ccccc3OCCCC(=O)O)cc2-c2ccccc2)cc1. The van der Waals surface area contributed by atoms with Gasteiger partial charge in [0.1, 0.15) is 5.75 Å². The monoisotopic (exact) mass is 454 g/mol. The highest BCUT2D eigenvalue weighted by Gasteiger charge is 2.17. The summed E-state index contributed by atoms with van der Waals surface area (Å²) in [4.78, 5) is 10.8. The van der Waals surface area contributed by atoms with Crippen LogP contribution in [0, 0.1) is 0 Å². The van der Waals surface area contributed by atoms with Gasteiger partial charge in [-0.3, -0.25) is 4.79 Å². The first kappa shape index (κ1) is 23.3. The molecule has 0 saturated carbocycles. The average molecular weight is 455 g/mol. The second kappa shape index (κ2) is 9.96. The molecule has 0 aliphatic heterocycles. The third-order valence-electron chi connectivity index (χ3n) is 5.71. The fourth-order valence-electron chi connectivity index (χ4n) is 3.84. The van der Waals surface area contributed by atoms with Crippen LogP contribution in [-0.2, 0) is 10.2 Å². The fourth-order valence-corrected chi connectivity index (χ4v) is 3.84. The van der Waals surface area contributed by atoms with Crippen molar-refractivity contribution in [1.82, 2.24) is 9.78 Å². The largest absolute Gasteiger partial charge is 0.493 e. The van der Waals surface area contributed by atoms with Crippen molar-refractivity contribution in [1.29, 1.82) is 0 Å². The lowest BCUT2D eigenvalue weighted by Crippen LogP contribution is -2.11. The Bertz CT molecular complexity index is 1250. The van der Waals surface area contributed by atoms with Gasteiger partial charge in [0.2, 0.25) is 0 Å². The van der Waals surface area contributed by atoms with E-state index in [-0.39, 0.29) is 11.8 Å². The minimum atomic E-state index is -0.819. The van der Waals surface area contributed by atoms with Crippen LogP contribution >= 0.6 is 0 Å². The number of aromatic nitrogens is 2. The zero-order valence-corrected chi connectivity index (χ0v) is 19.9. The van der Waals surface area contributed by atoms with Gasteiger partial charge in [-0.15, -0.1) is 0 Å². The van der Waals surface area contributed by atoms with Crippen LogP contribution in [0.4, 0.5) is 0 Å². The van der Waals surface area contributed by atoms with Gasteiger partial charge in [0.05, 0.1) is 23.7 Å². The molecule has 4 rings (SSSR count). The molecule has 5 nitrogen and oxygen atoms in total. The van der Waals surface area contributed by atoms with E-state index in [0.717, 1.165) is 28.2 Å². The van der Waals surface area contributed by atoms with Gasteiger partial charge in [-0.05, 0) is 47.7 Å². The van der Waals surface area contributed by atoms with Gasteiger partial charge >= 0.3 is 5.97 Å². The van der Waals surface area contributed by atoms with Crippen LogP contribution in [0.1, 0.15) is 39.2 Å². The van der Waals surface area contributed by atoms with Crippen molar-refractivity contribution in [2.45, 2.75) is 39.0 Å². The van der Waals surface area contributed by atoms with E-state index in [0.29, 0.717) is 18.8 Å². The average Bonchev–Trinajstić information content (AvgIpc) is 3.27. The molecule has 0 bridgehead atoms. The van der Waals surface area contributed by atoms with E-state index in [1.54, 1.807) is 0 Å². The third-order valence-corrected chi connectivity index (χ3v) is 5.71. The van der Waals surface area contributed by atoms with Gasteiger partial charge in [0.25, 0.3) is 0 Å². The van der Waals surface area contributed by atoms with Gasteiger partial charge in [-0.2, -0.15) is 5.10 Å². The van der Waals surface area contributed by atoms with Gasteiger partial charge < -0.3 is 9.84 Å². The van der Waals surface area contributed by atoms with Crippen molar-refractivity contribution in [2.24, 2.45) is 0 Å². The maximum Gasteiger partial charge on any atom is 0.303 e. The number of hydrogen-bond acceptors (Lipinski definition) is 3. The predicted octanol–water partition coefficient (Wildman–Crippen LogP) is 6.75. The van der Waals surface area contributed by atoms with E-state index in [1.807, 2.05) is 47.1 Å². The summed E-state index contributed by atoms with van der Waals surface area (Å²) in [6, 6.07) is 28.6. The number of hydrogen-bond donors (Lipinski definition) is 1. The summed E-state index contributed by atoms with van der Waals surface area (Å²) in [5.74, 6) is -0.124. The number of rotatable bonds is 8. The second-order valence-corrected chi connectivity index (χ2v) is 9.33. The van der Waals surface area contributed by atoms with Gasteiger partial charge in [0.15, 0.2) is 0 Å². The maximum atomic E-state index is 10.8. The summed E-state index contributed by atoms with van der Waals surface area (Å²) in [5.41, 5.74) is 6.06. The van der Waals surface area contributed by atoms with Crippen molar-refractivity contribution in [3.05, 3.63) is 90.5 Å². The number of para-hydroxylation sites is 1. The van der Waals surface area contributed by atoms with Crippen molar-refractivity contribution in [3.63, 3.8) is 0 Å². The van der Waals surface area contributed by atoms with Crippen LogP contribution in [0.25, 0.3) is 28.2 Å². The fraction of sp³-hybridized carbons (Fsp3) is 0.241. The summed E-state index contributed by atoms with van der Waals surface area (Å²) in [7, 11) is 0. The number of carbonyl (C=O) groups is 1. The lowest BCUT2D eigenvalue weighted by molar-refractivity contribution is -0.137. The smallest absolute Gasteiger partial charge is 0.303 e. The van der Waals surface area contributed by atoms with Crippen LogP contribution in [-0.4, -0.2) is 27.5 Å². The predicted molar refractivity (Wildman–Crippen MR) is 136 cm³/mol. The van der Waals surface area contributed by atoms with E-state index in [4.69, 9.17) is 14.9 Å². The molecule has 4 aromatic rings. The molecule has 1 heterocycles. The first-order valence-electron chi connectivity index (χ1n) is 11.5. The Hall–Kier alpha value is -3.86. The van der Waals surface area contributed by atoms with Gasteiger partial charge in [0, 0.05) is 17.5 Å². The molecule has 0 amide bonds. The first-order valence-corrected chi connectivity index (χ1v) is 11.5. The van der Waals surface area contributed by atoms with Crippen LogP contribution in [0.2, 0.25) is 0 Å². The molecule has 1 N–H and O–H groups in total. The Balaban J connectivity index is 1.74. The Morgan fingerprint density at radius 3 is 2.29 bits per heavy atom. The van der Waals surface area contributed by atoms with Crippen molar-refractivity contribution in [2.75, 3.05) is 6.61 Å². The topological polar surface area (TPSA) is 64.4 Å². The van der Waals surface area contributed by atoms with E-state index in [9.17, 15) is 4.79 Å². The third kappa shape index (κ3) is 5.37. The molecular weight excluding hydrogens is 424 g/mol.